The van der Waals surface area contributed by atoms with Crippen LogP contribution < -0.4 is 10.9 Å². The summed E-state index contributed by atoms with van der Waals surface area (Å²) in [5, 5.41) is 3.34. The van der Waals surface area contributed by atoms with Crippen LogP contribution in [-0.4, -0.2) is 41.2 Å². The Kier molecular flexibility index (Phi) is 6.57. The number of benzene rings is 1. The average Bonchev–Trinajstić information content (AvgIpc) is 2.68. The van der Waals surface area contributed by atoms with Gasteiger partial charge in [-0.2, -0.15) is 13.2 Å². The first-order valence-corrected chi connectivity index (χ1v) is 9.66. The molecule has 0 radical (unpaired) electrons. The van der Waals surface area contributed by atoms with Gasteiger partial charge in [0.15, 0.2) is 0 Å². The fourth-order valence-electron chi connectivity index (χ4n) is 4.34. The summed E-state index contributed by atoms with van der Waals surface area (Å²) in [5.41, 5.74) is 0.718. The Morgan fingerprint density at radius 2 is 1.87 bits per heavy atom. The monoisotopic (exact) mass is 441 g/mol. The number of halogens is 4. The number of nitrogens with zero attached hydrogens (tertiary/aromatic N) is 2. The predicted octanol–water partition coefficient (Wildman–Crippen LogP) is 3.18. The zero-order chi connectivity index (χ0) is 20.6. The number of alkyl halides is 3. The molecule has 162 valence electrons. The van der Waals surface area contributed by atoms with E-state index in [-0.39, 0.29) is 30.4 Å². The van der Waals surface area contributed by atoms with E-state index in [4.69, 9.17) is 0 Å². The van der Waals surface area contributed by atoms with Gasteiger partial charge >= 0.3 is 6.18 Å². The summed E-state index contributed by atoms with van der Waals surface area (Å²) in [7, 11) is 0. The number of fused-ring (bicyclic) bond motifs is 4. The quantitative estimate of drug-likeness (QED) is 0.793. The maximum Gasteiger partial charge on any atom is 0.406 e. The summed E-state index contributed by atoms with van der Waals surface area (Å²) >= 11 is 0. The zero-order valence-electron chi connectivity index (χ0n) is 16.2. The fraction of sp³-hybridized carbons (Fsp3) is 0.429. The van der Waals surface area contributed by atoms with Gasteiger partial charge < -0.3 is 14.8 Å². The lowest BCUT2D eigenvalue weighted by Gasteiger charge is -2.37. The van der Waals surface area contributed by atoms with Crippen LogP contribution in [0.2, 0.25) is 0 Å². The van der Waals surface area contributed by atoms with E-state index in [9.17, 15) is 22.8 Å². The highest BCUT2D eigenvalue weighted by atomic mass is 35.5. The third-order valence-corrected chi connectivity index (χ3v) is 5.61. The number of carbonyl (C=O) groups is 1. The molecule has 0 spiro atoms. The lowest BCUT2D eigenvalue weighted by molar-refractivity contribution is -0.141. The Morgan fingerprint density at radius 1 is 1.13 bits per heavy atom. The second-order valence-corrected chi connectivity index (χ2v) is 7.81. The number of rotatable bonds is 4. The van der Waals surface area contributed by atoms with Gasteiger partial charge in [0, 0.05) is 31.2 Å². The van der Waals surface area contributed by atoms with Crippen molar-refractivity contribution in [3.05, 3.63) is 69.6 Å². The van der Waals surface area contributed by atoms with Crippen LogP contribution in [0.3, 0.4) is 0 Å². The molecule has 1 fully saturated rings. The van der Waals surface area contributed by atoms with Crippen molar-refractivity contribution in [3.8, 4) is 0 Å². The van der Waals surface area contributed by atoms with E-state index in [0.717, 1.165) is 25.2 Å². The largest absolute Gasteiger partial charge is 0.406 e. The zero-order valence-corrected chi connectivity index (χ0v) is 17.0. The molecule has 0 aliphatic carbocycles. The van der Waals surface area contributed by atoms with E-state index in [2.05, 4.69) is 5.32 Å². The smallest absolute Gasteiger partial charge is 0.325 e. The molecule has 30 heavy (non-hydrogen) atoms. The fourth-order valence-corrected chi connectivity index (χ4v) is 4.34. The van der Waals surface area contributed by atoms with Crippen LogP contribution in [0.5, 0.6) is 0 Å². The van der Waals surface area contributed by atoms with E-state index in [1.54, 1.807) is 41.0 Å². The first-order valence-electron chi connectivity index (χ1n) is 9.66. The Labute approximate surface area is 178 Å². The molecule has 1 N–H and O–H groups in total. The molecule has 3 heterocycles. The second kappa shape index (κ2) is 8.81. The highest BCUT2D eigenvalue weighted by molar-refractivity contribution is 5.94. The minimum atomic E-state index is -4.56. The topological polar surface area (TPSA) is 54.3 Å². The summed E-state index contributed by atoms with van der Waals surface area (Å²) < 4.78 is 41.0. The number of carbonyl (C=O) groups excluding carboxylic acids is 1. The summed E-state index contributed by atoms with van der Waals surface area (Å²) in [6, 6.07) is 11.6. The molecular weight excluding hydrogens is 419 g/mol. The van der Waals surface area contributed by atoms with Gasteiger partial charge in [-0.1, -0.05) is 30.3 Å². The lowest BCUT2D eigenvalue weighted by atomic mass is 9.84. The molecular formula is C21H23ClF3N3O2. The standard InChI is InChI=1S/C21H22F3N3O2.ClH/c22-21(23,24)13-26(11-14-4-2-1-3-5-14)19(28)17-6-7-18-16-8-15(9-25-10-16)12-27(18)20(17)29;/h1-7,15-16,25H,8-13H2;1H/t15-,16+;/m0./s1. The lowest BCUT2D eigenvalue weighted by Crippen LogP contribution is -2.47. The van der Waals surface area contributed by atoms with E-state index in [1.165, 1.54) is 6.07 Å². The van der Waals surface area contributed by atoms with Gasteiger partial charge in [0.05, 0.1) is 0 Å². The molecule has 2 aliphatic heterocycles. The van der Waals surface area contributed by atoms with Crippen molar-refractivity contribution in [2.24, 2.45) is 5.92 Å². The van der Waals surface area contributed by atoms with Gasteiger partial charge in [-0.25, -0.2) is 0 Å². The van der Waals surface area contributed by atoms with Gasteiger partial charge in [0.25, 0.3) is 11.5 Å². The van der Waals surface area contributed by atoms with Crippen LogP contribution in [0.25, 0.3) is 0 Å². The molecule has 1 saturated heterocycles. The van der Waals surface area contributed by atoms with Gasteiger partial charge in [-0.3, -0.25) is 9.59 Å². The molecule has 2 bridgehead atoms. The number of aromatic nitrogens is 1. The SMILES string of the molecule is Cl.O=C(c1ccc2n(c1=O)C[C@@H]1CNC[C@H]2C1)N(Cc1ccccc1)CC(F)(F)F. The maximum atomic E-state index is 13.1. The Balaban J connectivity index is 0.00000256. The van der Waals surface area contributed by atoms with Crippen LogP contribution in [0.1, 0.15) is 34.0 Å². The molecule has 9 heteroatoms. The number of amides is 1. The average molecular weight is 442 g/mol. The third-order valence-electron chi connectivity index (χ3n) is 5.61. The van der Waals surface area contributed by atoms with Gasteiger partial charge in [0.1, 0.15) is 12.1 Å². The Morgan fingerprint density at radius 3 is 2.57 bits per heavy atom. The molecule has 2 atom stereocenters. The molecule has 2 aliphatic rings. The van der Waals surface area contributed by atoms with Crippen molar-refractivity contribution in [3.63, 3.8) is 0 Å². The Hall–Kier alpha value is -2.32. The van der Waals surface area contributed by atoms with Gasteiger partial charge in [-0.05, 0) is 36.6 Å². The van der Waals surface area contributed by atoms with E-state index >= 15 is 0 Å². The number of piperidine rings is 1. The first-order chi connectivity index (χ1) is 13.8. The van der Waals surface area contributed by atoms with Crippen LogP contribution in [0.4, 0.5) is 13.2 Å². The summed E-state index contributed by atoms with van der Waals surface area (Å²) in [5.74, 6) is -0.407. The Bertz CT molecular complexity index is 962. The minimum absolute atomic E-state index is 0. The minimum Gasteiger partial charge on any atom is -0.325 e. The van der Waals surface area contributed by atoms with Crippen molar-refractivity contribution in [2.45, 2.75) is 31.6 Å². The molecule has 4 rings (SSSR count). The molecule has 5 nitrogen and oxygen atoms in total. The van der Waals surface area contributed by atoms with Crippen molar-refractivity contribution >= 4 is 18.3 Å². The molecule has 0 saturated carbocycles. The van der Waals surface area contributed by atoms with Crippen LogP contribution in [0, 0.1) is 5.92 Å². The molecule has 2 aromatic rings. The van der Waals surface area contributed by atoms with E-state index < -0.39 is 24.2 Å². The number of hydrogen-bond donors (Lipinski definition) is 1. The normalized spacial score (nSPS) is 20.1. The number of pyridine rings is 1. The number of nitrogens with one attached hydrogen (secondary N) is 1. The predicted molar refractivity (Wildman–Crippen MR) is 109 cm³/mol. The van der Waals surface area contributed by atoms with Crippen molar-refractivity contribution in [2.75, 3.05) is 19.6 Å². The first kappa shape index (κ1) is 22.4. The summed E-state index contributed by atoms with van der Waals surface area (Å²) in [4.78, 5) is 26.7. The molecule has 1 amide bonds. The van der Waals surface area contributed by atoms with Gasteiger partial charge in [-0.15, -0.1) is 12.4 Å². The second-order valence-electron chi connectivity index (χ2n) is 7.81. The highest BCUT2D eigenvalue weighted by Crippen LogP contribution is 2.32. The molecule has 0 unspecified atom stereocenters. The summed E-state index contributed by atoms with van der Waals surface area (Å²) in [6.45, 7) is 0.426. The highest BCUT2D eigenvalue weighted by Gasteiger charge is 2.36. The molecule has 1 aromatic carbocycles. The summed E-state index contributed by atoms with van der Waals surface area (Å²) in [6.07, 6.45) is -3.58. The van der Waals surface area contributed by atoms with Crippen molar-refractivity contribution < 1.29 is 18.0 Å². The maximum absolute atomic E-state index is 13.1. The third kappa shape index (κ3) is 4.70. The van der Waals surface area contributed by atoms with Crippen molar-refractivity contribution in [1.29, 1.82) is 0 Å². The van der Waals surface area contributed by atoms with Crippen molar-refractivity contribution in [1.82, 2.24) is 14.8 Å². The van der Waals surface area contributed by atoms with E-state index in [1.807, 2.05) is 0 Å². The molecule has 1 aromatic heterocycles. The van der Waals surface area contributed by atoms with Gasteiger partial charge in [0.2, 0.25) is 0 Å². The van der Waals surface area contributed by atoms with Crippen LogP contribution in [-0.2, 0) is 13.1 Å². The van der Waals surface area contributed by atoms with Crippen LogP contribution >= 0.6 is 12.4 Å². The number of hydrogen-bond acceptors (Lipinski definition) is 3. The van der Waals surface area contributed by atoms with Crippen LogP contribution in [0.15, 0.2) is 47.3 Å². The van der Waals surface area contributed by atoms with E-state index in [0.29, 0.717) is 22.9 Å².